The normalized spacial score (nSPS) is 10.3. The van der Waals surface area contributed by atoms with Gasteiger partial charge in [-0.1, -0.05) is 12.1 Å². The largest absolute Gasteiger partial charge is 0.508 e. The van der Waals surface area contributed by atoms with Gasteiger partial charge in [0.05, 0.1) is 10.5 Å². The minimum absolute atomic E-state index is 0.0547. The fraction of sp³-hybridized carbons (Fsp3) is 0.0714. The maximum atomic E-state index is 11.1. The summed E-state index contributed by atoms with van der Waals surface area (Å²) in [5, 5.41) is 29.5. The molecule has 2 N–H and O–H groups in total. The lowest BCUT2D eigenvalue weighted by Gasteiger charge is -2.07. The average molecular weight is 305 g/mol. The van der Waals surface area contributed by atoms with E-state index in [0.717, 1.165) is 0 Å². The van der Waals surface area contributed by atoms with Gasteiger partial charge in [-0.2, -0.15) is 0 Å². The van der Waals surface area contributed by atoms with Gasteiger partial charge in [0.25, 0.3) is 5.69 Å². The number of nitrogens with zero attached hydrogens (tertiary/aromatic N) is 1. The van der Waals surface area contributed by atoms with Crippen LogP contribution in [-0.2, 0) is 5.75 Å². The van der Waals surface area contributed by atoms with Crippen molar-refractivity contribution >= 4 is 23.4 Å². The van der Waals surface area contributed by atoms with E-state index in [0.29, 0.717) is 10.5 Å². The van der Waals surface area contributed by atoms with Crippen LogP contribution >= 0.6 is 11.8 Å². The first-order chi connectivity index (χ1) is 9.99. The number of carboxylic acids is 1. The maximum Gasteiger partial charge on any atom is 0.336 e. The molecule has 0 aliphatic heterocycles. The molecule has 0 bridgehead atoms. The molecule has 0 spiro atoms. The van der Waals surface area contributed by atoms with Gasteiger partial charge >= 0.3 is 5.97 Å². The number of phenolic OH excluding ortho intramolecular Hbond substituents is 1. The third-order valence-corrected chi connectivity index (χ3v) is 3.90. The predicted octanol–water partition coefficient (Wildman–Crippen LogP) is 3.29. The lowest BCUT2D eigenvalue weighted by Crippen LogP contribution is -1.98. The highest BCUT2D eigenvalue weighted by atomic mass is 32.2. The van der Waals surface area contributed by atoms with E-state index in [1.54, 1.807) is 18.2 Å². The second kappa shape index (κ2) is 6.27. The molecule has 6 nitrogen and oxygen atoms in total. The number of aromatic hydroxyl groups is 1. The van der Waals surface area contributed by atoms with Gasteiger partial charge in [0, 0.05) is 28.3 Å². The molecule has 0 saturated carbocycles. The summed E-state index contributed by atoms with van der Waals surface area (Å²) in [5.41, 5.74) is 0.428. The van der Waals surface area contributed by atoms with Crippen molar-refractivity contribution in [1.82, 2.24) is 0 Å². The van der Waals surface area contributed by atoms with E-state index < -0.39 is 10.9 Å². The van der Waals surface area contributed by atoms with Crippen molar-refractivity contribution in [2.75, 3.05) is 0 Å². The standard InChI is InChI=1S/C14H11NO5S/c16-12-6-5-10(15(19)20)7-9(12)8-21-13-4-2-1-3-11(13)14(17)18/h1-7,16H,8H2,(H,17,18). The lowest BCUT2D eigenvalue weighted by atomic mass is 10.2. The van der Waals surface area contributed by atoms with E-state index in [1.165, 1.54) is 36.0 Å². The topological polar surface area (TPSA) is 101 Å². The van der Waals surface area contributed by atoms with Gasteiger partial charge < -0.3 is 10.2 Å². The zero-order valence-electron chi connectivity index (χ0n) is 10.7. The van der Waals surface area contributed by atoms with Crippen LogP contribution < -0.4 is 0 Å². The van der Waals surface area contributed by atoms with E-state index in [-0.39, 0.29) is 22.8 Å². The average Bonchev–Trinajstić information content (AvgIpc) is 2.46. The highest BCUT2D eigenvalue weighted by Gasteiger charge is 2.13. The fourth-order valence-corrected chi connectivity index (χ4v) is 2.75. The van der Waals surface area contributed by atoms with Crippen LogP contribution in [0.3, 0.4) is 0 Å². The third kappa shape index (κ3) is 3.51. The number of non-ortho nitro benzene ring substituents is 1. The van der Waals surface area contributed by atoms with Crippen LogP contribution in [0.1, 0.15) is 15.9 Å². The molecule has 0 heterocycles. The number of nitro benzene ring substituents is 1. The molecule has 0 aliphatic carbocycles. The molecule has 2 aromatic rings. The Balaban J connectivity index is 2.22. The second-order valence-electron chi connectivity index (χ2n) is 4.16. The quantitative estimate of drug-likeness (QED) is 0.499. The predicted molar refractivity (Wildman–Crippen MR) is 77.7 cm³/mol. The number of aromatic carboxylic acids is 1. The molecule has 2 rings (SSSR count). The van der Waals surface area contributed by atoms with E-state index in [9.17, 15) is 20.0 Å². The molecule has 0 saturated heterocycles. The number of hydrogen-bond donors (Lipinski definition) is 2. The summed E-state index contributed by atoms with van der Waals surface area (Å²) in [6.07, 6.45) is 0. The number of rotatable bonds is 5. The summed E-state index contributed by atoms with van der Waals surface area (Å²) in [7, 11) is 0. The number of thioether (sulfide) groups is 1. The lowest BCUT2D eigenvalue weighted by molar-refractivity contribution is -0.384. The summed E-state index contributed by atoms with van der Waals surface area (Å²) in [6, 6.07) is 10.2. The Kier molecular flexibility index (Phi) is 4.44. The molecular weight excluding hydrogens is 294 g/mol. The molecular formula is C14H11NO5S. The summed E-state index contributed by atoms with van der Waals surface area (Å²) in [4.78, 5) is 21.8. The molecule has 0 fully saturated rings. The molecule has 0 aromatic heterocycles. The Morgan fingerprint density at radius 3 is 2.62 bits per heavy atom. The molecule has 108 valence electrons. The number of carbonyl (C=O) groups is 1. The number of carboxylic acid groups (broad SMARTS) is 1. The van der Waals surface area contributed by atoms with Gasteiger partial charge in [0.15, 0.2) is 0 Å². The van der Waals surface area contributed by atoms with Crippen molar-refractivity contribution in [3.63, 3.8) is 0 Å². The molecule has 0 amide bonds. The van der Waals surface area contributed by atoms with Crippen LogP contribution in [0.5, 0.6) is 5.75 Å². The molecule has 7 heteroatoms. The maximum absolute atomic E-state index is 11.1. The molecule has 2 aromatic carbocycles. The van der Waals surface area contributed by atoms with Crippen molar-refractivity contribution in [1.29, 1.82) is 0 Å². The second-order valence-corrected chi connectivity index (χ2v) is 5.18. The van der Waals surface area contributed by atoms with Gasteiger partial charge in [-0.05, 0) is 18.2 Å². The van der Waals surface area contributed by atoms with E-state index in [1.807, 2.05) is 0 Å². The first-order valence-electron chi connectivity index (χ1n) is 5.90. The Hall–Kier alpha value is -2.54. The van der Waals surface area contributed by atoms with Crippen molar-refractivity contribution in [2.45, 2.75) is 10.6 Å². The SMILES string of the molecule is O=C(O)c1ccccc1SCc1cc([N+](=O)[O-])ccc1O. The Labute approximate surface area is 124 Å². The molecule has 0 radical (unpaired) electrons. The van der Waals surface area contributed by atoms with E-state index in [2.05, 4.69) is 0 Å². The minimum Gasteiger partial charge on any atom is -0.508 e. The van der Waals surface area contributed by atoms with Crippen LogP contribution in [0, 0.1) is 10.1 Å². The van der Waals surface area contributed by atoms with E-state index >= 15 is 0 Å². The molecule has 0 unspecified atom stereocenters. The fourth-order valence-electron chi connectivity index (χ4n) is 1.73. The van der Waals surface area contributed by atoms with Crippen LogP contribution in [0.25, 0.3) is 0 Å². The molecule has 0 aliphatic rings. The molecule has 0 atom stereocenters. The zero-order valence-corrected chi connectivity index (χ0v) is 11.5. The minimum atomic E-state index is -1.04. The summed E-state index contributed by atoms with van der Waals surface area (Å²) in [6.45, 7) is 0. The number of hydrogen-bond acceptors (Lipinski definition) is 5. The van der Waals surface area contributed by atoms with Gasteiger partial charge in [-0.3, -0.25) is 10.1 Å². The summed E-state index contributed by atoms with van der Waals surface area (Å²) < 4.78 is 0. The Morgan fingerprint density at radius 1 is 1.24 bits per heavy atom. The van der Waals surface area contributed by atoms with Gasteiger partial charge in [-0.15, -0.1) is 11.8 Å². The van der Waals surface area contributed by atoms with E-state index in [4.69, 9.17) is 5.11 Å². The van der Waals surface area contributed by atoms with Gasteiger partial charge in [-0.25, -0.2) is 4.79 Å². The van der Waals surface area contributed by atoms with Crippen LogP contribution in [0.4, 0.5) is 5.69 Å². The van der Waals surface area contributed by atoms with Crippen molar-refractivity contribution in [3.8, 4) is 5.75 Å². The van der Waals surface area contributed by atoms with Crippen LogP contribution in [0.15, 0.2) is 47.4 Å². The highest BCUT2D eigenvalue weighted by Crippen LogP contribution is 2.31. The third-order valence-electron chi connectivity index (χ3n) is 2.77. The van der Waals surface area contributed by atoms with Crippen molar-refractivity contribution in [3.05, 3.63) is 63.7 Å². The number of phenols is 1. The Morgan fingerprint density at radius 2 is 1.95 bits per heavy atom. The smallest absolute Gasteiger partial charge is 0.336 e. The summed E-state index contributed by atoms with van der Waals surface area (Å²) in [5.74, 6) is -0.861. The highest BCUT2D eigenvalue weighted by molar-refractivity contribution is 7.98. The van der Waals surface area contributed by atoms with Gasteiger partial charge in [0.1, 0.15) is 5.75 Å². The first-order valence-corrected chi connectivity index (χ1v) is 6.89. The van der Waals surface area contributed by atoms with Gasteiger partial charge in [0.2, 0.25) is 0 Å². The van der Waals surface area contributed by atoms with Crippen molar-refractivity contribution < 1.29 is 19.9 Å². The number of nitro groups is 1. The molecule has 21 heavy (non-hydrogen) atoms. The van der Waals surface area contributed by atoms with Crippen molar-refractivity contribution in [2.24, 2.45) is 0 Å². The zero-order chi connectivity index (χ0) is 15.4. The van der Waals surface area contributed by atoms with Crippen LogP contribution in [0.2, 0.25) is 0 Å². The summed E-state index contributed by atoms with van der Waals surface area (Å²) >= 11 is 1.20. The first kappa shape index (κ1) is 14.9. The van der Waals surface area contributed by atoms with Crippen LogP contribution in [-0.4, -0.2) is 21.1 Å². The Bertz CT molecular complexity index is 702. The number of benzene rings is 2. The monoisotopic (exact) mass is 305 g/mol.